The summed E-state index contributed by atoms with van der Waals surface area (Å²) in [5.41, 5.74) is 0. The van der Waals surface area contributed by atoms with E-state index in [0.717, 1.165) is 0 Å². The number of carbonyl (C=O) groups is 2. The summed E-state index contributed by atoms with van der Waals surface area (Å²) in [5.74, 6) is -1.92. The first kappa shape index (κ1) is 16.8. The van der Waals surface area contributed by atoms with Crippen molar-refractivity contribution in [3.05, 3.63) is 0 Å². The zero-order valence-electron chi connectivity index (χ0n) is 11.3. The first-order valence-corrected chi connectivity index (χ1v) is 6.36. The quantitative estimate of drug-likeness (QED) is 0.467. The van der Waals surface area contributed by atoms with Gasteiger partial charge in [0.1, 0.15) is 18.3 Å². The smallest absolute Gasteiger partial charge is 0.335 e. The number of esters is 1. The Bertz CT molecular complexity index is 355. The highest BCUT2D eigenvalue weighted by Gasteiger charge is 2.48. The molecule has 1 fully saturated rings. The van der Waals surface area contributed by atoms with E-state index in [1.165, 1.54) is 0 Å². The van der Waals surface area contributed by atoms with Gasteiger partial charge in [-0.3, -0.25) is 4.79 Å². The van der Waals surface area contributed by atoms with Crippen LogP contribution in [0.15, 0.2) is 0 Å². The summed E-state index contributed by atoms with van der Waals surface area (Å²) in [6.45, 7) is 3.83. The van der Waals surface area contributed by atoms with Crippen LogP contribution >= 0.6 is 0 Å². The van der Waals surface area contributed by atoms with Crippen molar-refractivity contribution >= 4 is 11.9 Å². The summed E-state index contributed by atoms with van der Waals surface area (Å²) in [4.78, 5) is 22.4. The van der Waals surface area contributed by atoms with Gasteiger partial charge in [0.05, 0.1) is 0 Å². The molecule has 0 spiro atoms. The molecule has 5 atom stereocenters. The van der Waals surface area contributed by atoms with Crippen molar-refractivity contribution in [3.63, 3.8) is 0 Å². The number of aliphatic carboxylic acids is 1. The molecule has 0 amide bonds. The normalized spacial score (nSPS) is 34.0. The van der Waals surface area contributed by atoms with Gasteiger partial charge in [-0.05, 0) is 12.3 Å². The van der Waals surface area contributed by atoms with E-state index in [2.05, 4.69) is 0 Å². The molecule has 0 radical (unpaired) electrons. The fourth-order valence-electron chi connectivity index (χ4n) is 1.74. The molecule has 8 nitrogen and oxygen atoms in total. The Morgan fingerprint density at radius 2 is 1.75 bits per heavy atom. The lowest BCUT2D eigenvalue weighted by atomic mass is 9.99. The summed E-state index contributed by atoms with van der Waals surface area (Å²) >= 11 is 0. The summed E-state index contributed by atoms with van der Waals surface area (Å²) in [7, 11) is 0. The average molecular weight is 292 g/mol. The van der Waals surface area contributed by atoms with Crippen LogP contribution in [0.1, 0.15) is 26.7 Å². The molecule has 1 aliphatic rings. The first-order valence-electron chi connectivity index (χ1n) is 6.36. The second-order valence-electron chi connectivity index (χ2n) is 5.16. The molecule has 1 rings (SSSR count). The van der Waals surface area contributed by atoms with Gasteiger partial charge >= 0.3 is 11.9 Å². The number of ether oxygens (including phenoxy) is 2. The van der Waals surface area contributed by atoms with Crippen LogP contribution in [0.25, 0.3) is 0 Å². The molecule has 1 aliphatic heterocycles. The number of aliphatic hydroxyl groups is 3. The number of hydrogen-bond acceptors (Lipinski definition) is 7. The maximum absolute atomic E-state index is 11.5. The van der Waals surface area contributed by atoms with Crippen LogP contribution in [-0.4, -0.2) is 63.1 Å². The molecule has 116 valence electrons. The lowest BCUT2D eigenvalue weighted by Gasteiger charge is -2.37. The van der Waals surface area contributed by atoms with E-state index in [1.54, 1.807) is 0 Å². The third kappa shape index (κ3) is 4.14. The van der Waals surface area contributed by atoms with E-state index in [-0.39, 0.29) is 12.3 Å². The number of carbonyl (C=O) groups excluding carboxylic acids is 1. The van der Waals surface area contributed by atoms with Crippen molar-refractivity contribution < 1.29 is 39.5 Å². The van der Waals surface area contributed by atoms with Gasteiger partial charge in [-0.25, -0.2) is 4.79 Å². The Morgan fingerprint density at radius 3 is 2.25 bits per heavy atom. The van der Waals surface area contributed by atoms with Gasteiger partial charge in [-0.2, -0.15) is 0 Å². The molecular formula is C12H20O8. The summed E-state index contributed by atoms with van der Waals surface area (Å²) in [6, 6.07) is 0. The Morgan fingerprint density at radius 1 is 1.15 bits per heavy atom. The summed E-state index contributed by atoms with van der Waals surface area (Å²) in [5, 5.41) is 37.4. The predicted molar refractivity (Wildman–Crippen MR) is 64.5 cm³/mol. The molecule has 1 saturated heterocycles. The lowest BCUT2D eigenvalue weighted by Crippen LogP contribution is -2.60. The number of rotatable bonds is 5. The van der Waals surface area contributed by atoms with Crippen LogP contribution in [0.2, 0.25) is 0 Å². The van der Waals surface area contributed by atoms with Gasteiger partial charge < -0.3 is 29.9 Å². The first-order chi connectivity index (χ1) is 9.23. The summed E-state index contributed by atoms with van der Waals surface area (Å²) < 4.78 is 9.63. The van der Waals surface area contributed by atoms with E-state index in [1.807, 2.05) is 13.8 Å². The highest BCUT2D eigenvalue weighted by molar-refractivity contribution is 5.73. The molecule has 0 saturated carbocycles. The fraction of sp³-hybridized carbons (Fsp3) is 0.833. The second kappa shape index (κ2) is 6.98. The minimum Gasteiger partial charge on any atom is -0.479 e. The van der Waals surface area contributed by atoms with Crippen molar-refractivity contribution in [2.75, 3.05) is 0 Å². The molecule has 0 aromatic rings. The van der Waals surface area contributed by atoms with Gasteiger partial charge in [0.25, 0.3) is 0 Å². The Balaban J connectivity index is 2.64. The SMILES string of the molecule is CC(C)CCC(=O)OC1O[C@H](C(=O)O)[C@@H](O)[C@H](O)[C@H]1O. The van der Waals surface area contributed by atoms with Crippen LogP contribution < -0.4 is 0 Å². The number of carboxylic acids is 1. The van der Waals surface area contributed by atoms with Crippen molar-refractivity contribution in [2.45, 2.75) is 57.4 Å². The topological polar surface area (TPSA) is 134 Å². The van der Waals surface area contributed by atoms with E-state index >= 15 is 0 Å². The van der Waals surface area contributed by atoms with E-state index in [4.69, 9.17) is 14.6 Å². The van der Waals surface area contributed by atoms with Gasteiger partial charge in [-0.1, -0.05) is 13.8 Å². The van der Waals surface area contributed by atoms with Crippen LogP contribution in [0.4, 0.5) is 0 Å². The van der Waals surface area contributed by atoms with Crippen LogP contribution in [0.5, 0.6) is 0 Å². The highest BCUT2D eigenvalue weighted by atomic mass is 16.7. The van der Waals surface area contributed by atoms with Crippen LogP contribution in [0.3, 0.4) is 0 Å². The van der Waals surface area contributed by atoms with Crippen molar-refractivity contribution in [3.8, 4) is 0 Å². The lowest BCUT2D eigenvalue weighted by molar-refractivity contribution is -0.286. The number of aliphatic hydroxyl groups excluding tert-OH is 3. The maximum Gasteiger partial charge on any atom is 0.335 e. The maximum atomic E-state index is 11.5. The Labute approximate surface area is 115 Å². The highest BCUT2D eigenvalue weighted by Crippen LogP contribution is 2.23. The predicted octanol–water partition coefficient (Wildman–Crippen LogP) is -1.14. The van der Waals surface area contributed by atoms with Crippen LogP contribution in [0, 0.1) is 5.92 Å². The molecular weight excluding hydrogens is 272 g/mol. The fourth-order valence-corrected chi connectivity index (χ4v) is 1.74. The van der Waals surface area contributed by atoms with Crippen LogP contribution in [-0.2, 0) is 19.1 Å². The van der Waals surface area contributed by atoms with Crippen molar-refractivity contribution in [1.29, 1.82) is 0 Å². The van der Waals surface area contributed by atoms with Gasteiger partial charge in [0.2, 0.25) is 6.29 Å². The molecule has 20 heavy (non-hydrogen) atoms. The minimum atomic E-state index is -1.80. The molecule has 0 aromatic heterocycles. The largest absolute Gasteiger partial charge is 0.479 e. The molecule has 0 aromatic carbocycles. The zero-order valence-corrected chi connectivity index (χ0v) is 11.3. The third-order valence-corrected chi connectivity index (χ3v) is 2.99. The Hall–Kier alpha value is -1.22. The minimum absolute atomic E-state index is 0.0840. The van der Waals surface area contributed by atoms with E-state index < -0.39 is 42.6 Å². The zero-order chi connectivity index (χ0) is 15.4. The van der Waals surface area contributed by atoms with E-state index in [0.29, 0.717) is 6.42 Å². The third-order valence-electron chi connectivity index (χ3n) is 2.99. The van der Waals surface area contributed by atoms with Gasteiger partial charge in [0, 0.05) is 6.42 Å². The van der Waals surface area contributed by atoms with Crippen molar-refractivity contribution in [1.82, 2.24) is 0 Å². The molecule has 4 N–H and O–H groups in total. The number of hydrogen-bond donors (Lipinski definition) is 4. The molecule has 1 heterocycles. The molecule has 0 aliphatic carbocycles. The summed E-state index contributed by atoms with van der Waals surface area (Å²) in [6.07, 6.45) is -8.01. The monoisotopic (exact) mass is 292 g/mol. The van der Waals surface area contributed by atoms with Gasteiger partial charge in [0.15, 0.2) is 6.10 Å². The van der Waals surface area contributed by atoms with E-state index in [9.17, 15) is 24.9 Å². The molecule has 8 heteroatoms. The standard InChI is InChI=1S/C12H20O8/c1-5(2)3-4-6(13)19-12-9(16)7(14)8(15)10(20-12)11(17)18/h5,7-10,12,14-16H,3-4H2,1-2H3,(H,17,18)/t7-,8-,9+,10-,12?/m0/s1. The van der Waals surface area contributed by atoms with Crippen molar-refractivity contribution in [2.24, 2.45) is 5.92 Å². The van der Waals surface area contributed by atoms with Gasteiger partial charge in [-0.15, -0.1) is 0 Å². The Kier molecular flexibility index (Phi) is 5.88. The molecule has 1 unspecified atom stereocenters. The molecule has 0 bridgehead atoms. The average Bonchev–Trinajstić information content (AvgIpc) is 2.36. The second-order valence-corrected chi connectivity index (χ2v) is 5.16. The number of carboxylic acid groups (broad SMARTS) is 1.